The Balaban J connectivity index is 2.78. The summed E-state index contributed by atoms with van der Waals surface area (Å²) in [5.74, 6) is -1.76. The van der Waals surface area contributed by atoms with E-state index >= 15 is 0 Å². The van der Waals surface area contributed by atoms with Crippen molar-refractivity contribution >= 4 is 34.4 Å². The number of hydrogen-bond donors (Lipinski definition) is 0. The highest BCUT2D eigenvalue weighted by Crippen LogP contribution is 2.58. The second-order valence-corrected chi connectivity index (χ2v) is 7.06. The first kappa shape index (κ1) is 9.85. The van der Waals surface area contributed by atoms with Crippen LogP contribution in [0.1, 0.15) is 5.56 Å². The van der Waals surface area contributed by atoms with Crippen molar-refractivity contribution in [3.8, 4) is 0 Å². The van der Waals surface area contributed by atoms with Crippen molar-refractivity contribution < 1.29 is 4.57 Å². The van der Waals surface area contributed by atoms with Crippen LogP contribution in [0, 0.1) is 0 Å². The fraction of sp³-hybridized carbons (Fsp3) is 0. The lowest BCUT2D eigenvalue weighted by Gasteiger charge is -1.92. The van der Waals surface area contributed by atoms with Gasteiger partial charge < -0.3 is 0 Å². The highest BCUT2D eigenvalue weighted by Gasteiger charge is 2.05. The molecule has 0 radical (unpaired) electrons. The molecule has 0 bridgehead atoms. The smallest absolute Gasteiger partial charge is 0.274 e. The van der Waals surface area contributed by atoms with E-state index in [0.29, 0.717) is 0 Å². The van der Waals surface area contributed by atoms with Crippen molar-refractivity contribution in [2.24, 2.45) is 0 Å². The van der Waals surface area contributed by atoms with Crippen LogP contribution in [0.15, 0.2) is 36.1 Å². The Morgan fingerprint density at radius 2 is 1.75 bits per heavy atom. The maximum Gasteiger partial charge on any atom is 0.274 e. The predicted molar refractivity (Wildman–Crippen MR) is 54.8 cm³/mol. The summed E-state index contributed by atoms with van der Waals surface area (Å²) in [6.45, 7) is 0. The molecule has 0 unspecified atom stereocenters. The molecule has 0 aromatic heterocycles. The summed E-state index contributed by atoms with van der Waals surface area (Å²) in [6.07, 6.45) is 1.64. The standard InChI is InChI=1S/C8H7Cl2OP/c9-12(10,11)7-6-8-4-2-1-3-5-8/h1-7H/b7-6-. The van der Waals surface area contributed by atoms with Crippen LogP contribution in [0.2, 0.25) is 0 Å². The van der Waals surface area contributed by atoms with E-state index in [1.54, 1.807) is 6.08 Å². The summed E-state index contributed by atoms with van der Waals surface area (Å²) in [7, 11) is 0. The topological polar surface area (TPSA) is 17.1 Å². The minimum absolute atomic E-state index is 0.930. The summed E-state index contributed by atoms with van der Waals surface area (Å²) in [4.78, 5) is 0. The maximum absolute atomic E-state index is 10.8. The van der Waals surface area contributed by atoms with Crippen molar-refractivity contribution in [3.05, 3.63) is 41.7 Å². The van der Waals surface area contributed by atoms with Gasteiger partial charge in [0, 0.05) is 5.82 Å². The Morgan fingerprint density at radius 1 is 1.17 bits per heavy atom. The minimum Gasteiger partial charge on any atom is -0.285 e. The lowest BCUT2D eigenvalue weighted by molar-refractivity contribution is 0.597. The Morgan fingerprint density at radius 3 is 2.25 bits per heavy atom. The zero-order valence-corrected chi connectivity index (χ0v) is 8.56. The first-order valence-corrected chi connectivity index (χ1v) is 6.90. The van der Waals surface area contributed by atoms with Gasteiger partial charge in [0.15, 0.2) is 0 Å². The van der Waals surface area contributed by atoms with Crippen LogP contribution >= 0.6 is 28.3 Å². The van der Waals surface area contributed by atoms with Gasteiger partial charge in [-0.3, -0.25) is 4.57 Å². The molecule has 4 heteroatoms. The number of benzene rings is 1. The molecular weight excluding hydrogens is 214 g/mol. The van der Waals surface area contributed by atoms with E-state index in [2.05, 4.69) is 0 Å². The van der Waals surface area contributed by atoms with Crippen LogP contribution in [0.5, 0.6) is 0 Å². The highest BCUT2D eigenvalue weighted by molar-refractivity contribution is 8.10. The van der Waals surface area contributed by atoms with Gasteiger partial charge in [0.25, 0.3) is 5.85 Å². The van der Waals surface area contributed by atoms with Gasteiger partial charge in [-0.1, -0.05) is 30.3 Å². The molecule has 0 aliphatic carbocycles. The Labute approximate surface area is 81.0 Å². The molecule has 0 atom stereocenters. The van der Waals surface area contributed by atoms with E-state index in [-0.39, 0.29) is 0 Å². The summed E-state index contributed by atoms with van der Waals surface area (Å²) >= 11 is 10.6. The van der Waals surface area contributed by atoms with Crippen LogP contribution in [-0.4, -0.2) is 0 Å². The van der Waals surface area contributed by atoms with Crippen LogP contribution in [0.4, 0.5) is 0 Å². The fourth-order valence-electron chi connectivity index (χ4n) is 0.737. The third kappa shape index (κ3) is 3.96. The second kappa shape index (κ2) is 4.13. The van der Waals surface area contributed by atoms with Crippen molar-refractivity contribution in [1.82, 2.24) is 0 Å². The van der Waals surface area contributed by atoms with Crippen molar-refractivity contribution in [1.29, 1.82) is 0 Å². The molecule has 0 amide bonds. The third-order valence-electron chi connectivity index (χ3n) is 1.24. The fourth-order valence-corrected chi connectivity index (χ4v) is 1.42. The van der Waals surface area contributed by atoms with E-state index in [9.17, 15) is 4.57 Å². The highest BCUT2D eigenvalue weighted by atomic mass is 35.9. The predicted octanol–water partition coefficient (Wildman–Crippen LogP) is 4.33. The molecule has 0 aliphatic heterocycles. The van der Waals surface area contributed by atoms with Gasteiger partial charge >= 0.3 is 0 Å². The molecule has 0 aliphatic rings. The molecule has 64 valence electrons. The molecule has 1 nitrogen and oxygen atoms in total. The van der Waals surface area contributed by atoms with Crippen molar-refractivity contribution in [2.75, 3.05) is 0 Å². The Hall–Kier alpha value is -0.230. The maximum atomic E-state index is 10.8. The average Bonchev–Trinajstić information content (AvgIpc) is 2.02. The van der Waals surface area contributed by atoms with Crippen molar-refractivity contribution in [3.63, 3.8) is 0 Å². The quantitative estimate of drug-likeness (QED) is 0.679. The first-order valence-electron chi connectivity index (χ1n) is 3.31. The molecule has 0 saturated carbocycles. The number of rotatable bonds is 2. The summed E-state index contributed by atoms with van der Waals surface area (Å²) in [5, 5.41) is 0. The van der Waals surface area contributed by atoms with E-state index in [4.69, 9.17) is 22.5 Å². The number of halogens is 2. The normalized spacial score (nSPS) is 12.2. The summed E-state index contributed by atoms with van der Waals surface area (Å²) in [5.41, 5.74) is 0.930. The molecule has 0 fully saturated rings. The van der Waals surface area contributed by atoms with Crippen molar-refractivity contribution in [2.45, 2.75) is 0 Å². The van der Waals surface area contributed by atoms with E-state index in [1.165, 1.54) is 5.82 Å². The molecular formula is C8H7Cl2OP. The second-order valence-electron chi connectivity index (χ2n) is 2.23. The zero-order chi connectivity index (χ0) is 9.03. The van der Waals surface area contributed by atoms with Gasteiger partial charge in [-0.25, -0.2) is 0 Å². The van der Waals surface area contributed by atoms with Crippen LogP contribution in [0.25, 0.3) is 6.08 Å². The van der Waals surface area contributed by atoms with Gasteiger partial charge in [-0.05, 0) is 34.1 Å². The third-order valence-corrected chi connectivity index (χ3v) is 2.41. The molecule has 0 N–H and O–H groups in total. The average molecular weight is 221 g/mol. The number of hydrogen-bond acceptors (Lipinski definition) is 1. The zero-order valence-electron chi connectivity index (χ0n) is 6.15. The van der Waals surface area contributed by atoms with Crippen LogP contribution in [-0.2, 0) is 4.57 Å². The van der Waals surface area contributed by atoms with E-state index in [1.807, 2.05) is 30.3 Å². The summed E-state index contributed by atoms with van der Waals surface area (Å²) in [6, 6.07) is 9.42. The molecule has 1 rings (SSSR count). The molecule has 12 heavy (non-hydrogen) atoms. The Kier molecular flexibility index (Phi) is 3.39. The van der Waals surface area contributed by atoms with Crippen LogP contribution in [0.3, 0.4) is 0 Å². The van der Waals surface area contributed by atoms with Gasteiger partial charge in [0.1, 0.15) is 0 Å². The van der Waals surface area contributed by atoms with Gasteiger partial charge in [-0.2, -0.15) is 0 Å². The monoisotopic (exact) mass is 220 g/mol. The summed E-state index contributed by atoms with van der Waals surface area (Å²) < 4.78 is 10.8. The largest absolute Gasteiger partial charge is 0.285 e. The van der Waals surface area contributed by atoms with E-state index in [0.717, 1.165) is 5.56 Å². The lowest BCUT2D eigenvalue weighted by atomic mass is 10.2. The molecule has 0 heterocycles. The lowest BCUT2D eigenvalue weighted by Crippen LogP contribution is -1.66. The molecule has 1 aromatic rings. The van der Waals surface area contributed by atoms with Crippen LogP contribution < -0.4 is 0 Å². The van der Waals surface area contributed by atoms with E-state index < -0.39 is 5.85 Å². The SMILES string of the molecule is O=P(Cl)(Cl)/C=C\c1ccccc1. The van der Waals surface area contributed by atoms with Gasteiger partial charge in [0.05, 0.1) is 0 Å². The van der Waals surface area contributed by atoms with Gasteiger partial charge in [0.2, 0.25) is 0 Å². The first-order chi connectivity index (χ1) is 5.58. The molecule has 1 aromatic carbocycles. The molecule has 0 spiro atoms. The van der Waals surface area contributed by atoms with Gasteiger partial charge in [-0.15, -0.1) is 0 Å². The Bertz CT molecular complexity index is 315. The molecule has 0 saturated heterocycles. The minimum atomic E-state index is -3.07.